The Hall–Kier alpha value is -2.32. The predicted molar refractivity (Wildman–Crippen MR) is 96.3 cm³/mol. The van der Waals surface area contributed by atoms with Gasteiger partial charge in [-0.2, -0.15) is 0 Å². The van der Waals surface area contributed by atoms with Gasteiger partial charge in [-0.05, 0) is 30.0 Å². The lowest BCUT2D eigenvalue weighted by molar-refractivity contribution is -0.142. The molecule has 8 nitrogen and oxygen atoms in total. The molecule has 3 N–H and O–H groups in total. The van der Waals surface area contributed by atoms with E-state index in [0.717, 1.165) is 12.0 Å². The van der Waals surface area contributed by atoms with Crippen LogP contribution in [0.1, 0.15) is 31.7 Å². The van der Waals surface area contributed by atoms with Crippen LogP contribution in [0.15, 0.2) is 18.2 Å². The van der Waals surface area contributed by atoms with Gasteiger partial charge in [0.1, 0.15) is 6.04 Å². The van der Waals surface area contributed by atoms with Crippen LogP contribution in [-0.4, -0.2) is 53.8 Å². The van der Waals surface area contributed by atoms with E-state index in [-0.39, 0.29) is 43.2 Å². The minimum atomic E-state index is -0.884. The van der Waals surface area contributed by atoms with Gasteiger partial charge < -0.3 is 19.5 Å². The van der Waals surface area contributed by atoms with Crippen LogP contribution in [-0.2, 0) is 9.59 Å². The van der Waals surface area contributed by atoms with E-state index in [1.165, 1.54) is 0 Å². The number of ether oxygens (including phenoxy) is 2. The number of likely N-dealkylation sites (tertiary alicyclic amines) is 1. The Kier molecular flexibility index (Phi) is 4.69. The van der Waals surface area contributed by atoms with Crippen molar-refractivity contribution in [2.24, 2.45) is 11.8 Å². The molecule has 1 aromatic rings. The molecule has 2 fully saturated rings. The van der Waals surface area contributed by atoms with E-state index >= 15 is 0 Å². The zero-order chi connectivity index (χ0) is 19.1. The molecule has 4 rings (SSSR count). The molecule has 0 saturated carbocycles. The molecule has 146 valence electrons. The number of amides is 1. The van der Waals surface area contributed by atoms with Crippen molar-refractivity contribution in [3.63, 3.8) is 0 Å². The zero-order valence-corrected chi connectivity index (χ0v) is 15.5. The van der Waals surface area contributed by atoms with Crippen LogP contribution in [0.3, 0.4) is 0 Å². The molecule has 0 bridgehead atoms. The average molecular weight is 375 g/mol. The lowest BCUT2D eigenvalue weighted by Gasteiger charge is -2.23. The van der Waals surface area contributed by atoms with Gasteiger partial charge in [-0.15, -0.1) is 0 Å². The maximum absolute atomic E-state index is 13.0. The van der Waals surface area contributed by atoms with Crippen LogP contribution >= 0.6 is 0 Å². The standard InChI is InChI=1S/C19H25N3O5/c1-3-14-10(2)17(21-20-14)18(23)22-7-12(13(8-22)19(24)25)11-4-5-15-16(6-11)27-9-26-15/h4-6,10,12-14,17,20-21H,3,7-9H2,1-2H3,(H,24,25)/t10?,12-,13+,14?,17?/m1/s1. The van der Waals surface area contributed by atoms with Gasteiger partial charge in [0.05, 0.1) is 5.92 Å². The fraction of sp³-hybridized carbons (Fsp3) is 0.579. The third-order valence-corrected chi connectivity index (χ3v) is 6.06. The summed E-state index contributed by atoms with van der Waals surface area (Å²) in [5, 5.41) is 9.71. The fourth-order valence-corrected chi connectivity index (χ4v) is 4.36. The summed E-state index contributed by atoms with van der Waals surface area (Å²) in [5.41, 5.74) is 7.12. The van der Waals surface area contributed by atoms with Crippen LogP contribution < -0.4 is 20.3 Å². The number of carboxylic acid groups (broad SMARTS) is 1. The Morgan fingerprint density at radius 2 is 2.00 bits per heavy atom. The molecule has 8 heteroatoms. The molecule has 3 aliphatic rings. The number of nitrogens with one attached hydrogen (secondary N) is 2. The van der Waals surface area contributed by atoms with E-state index in [4.69, 9.17) is 9.47 Å². The highest BCUT2D eigenvalue weighted by molar-refractivity contribution is 5.84. The molecular weight excluding hydrogens is 350 g/mol. The van der Waals surface area contributed by atoms with Crippen LogP contribution in [0.5, 0.6) is 11.5 Å². The van der Waals surface area contributed by atoms with Gasteiger partial charge in [0.25, 0.3) is 0 Å². The number of fused-ring (bicyclic) bond motifs is 1. The minimum absolute atomic E-state index is 0.0413. The molecule has 1 amide bonds. The Balaban J connectivity index is 1.54. The quantitative estimate of drug-likeness (QED) is 0.720. The van der Waals surface area contributed by atoms with Crippen molar-refractivity contribution in [1.82, 2.24) is 15.8 Å². The summed E-state index contributed by atoms with van der Waals surface area (Å²) in [5.74, 6) is -0.394. The molecular formula is C19H25N3O5. The Morgan fingerprint density at radius 1 is 1.22 bits per heavy atom. The number of carbonyl (C=O) groups excluding carboxylic acids is 1. The van der Waals surface area contributed by atoms with Crippen molar-refractivity contribution >= 4 is 11.9 Å². The van der Waals surface area contributed by atoms with Crippen molar-refractivity contribution in [3.8, 4) is 11.5 Å². The molecule has 2 saturated heterocycles. The van der Waals surface area contributed by atoms with Crippen LogP contribution in [0.25, 0.3) is 0 Å². The number of hydrogen-bond donors (Lipinski definition) is 3. The lowest BCUT2D eigenvalue weighted by Crippen LogP contribution is -2.46. The van der Waals surface area contributed by atoms with Gasteiger partial charge in [-0.1, -0.05) is 19.9 Å². The number of rotatable bonds is 4. The molecule has 3 aliphatic heterocycles. The van der Waals surface area contributed by atoms with Crippen LogP contribution in [0.2, 0.25) is 0 Å². The summed E-state index contributed by atoms with van der Waals surface area (Å²) in [6, 6.07) is 5.41. The van der Waals surface area contributed by atoms with Gasteiger partial charge in [-0.25, -0.2) is 5.43 Å². The maximum atomic E-state index is 13.0. The van der Waals surface area contributed by atoms with Crippen molar-refractivity contribution in [2.45, 2.75) is 38.3 Å². The van der Waals surface area contributed by atoms with E-state index in [1.54, 1.807) is 11.0 Å². The lowest BCUT2D eigenvalue weighted by atomic mass is 9.89. The first-order valence-corrected chi connectivity index (χ1v) is 9.41. The van der Waals surface area contributed by atoms with Crippen molar-refractivity contribution in [2.75, 3.05) is 19.9 Å². The monoisotopic (exact) mass is 375 g/mol. The molecule has 5 atom stereocenters. The summed E-state index contributed by atoms with van der Waals surface area (Å²) >= 11 is 0. The van der Waals surface area contributed by atoms with Gasteiger partial charge in [0, 0.05) is 25.0 Å². The van der Waals surface area contributed by atoms with Crippen molar-refractivity contribution in [3.05, 3.63) is 23.8 Å². The van der Waals surface area contributed by atoms with Gasteiger partial charge in [0.2, 0.25) is 12.7 Å². The number of carboxylic acids is 1. The van der Waals surface area contributed by atoms with E-state index in [2.05, 4.69) is 17.8 Å². The Bertz CT molecular complexity index is 755. The summed E-state index contributed by atoms with van der Waals surface area (Å²) < 4.78 is 10.8. The molecule has 3 heterocycles. The average Bonchev–Trinajstić information content (AvgIpc) is 3.38. The van der Waals surface area contributed by atoms with Crippen molar-refractivity contribution < 1.29 is 24.2 Å². The van der Waals surface area contributed by atoms with Gasteiger partial charge in [-0.3, -0.25) is 15.0 Å². The second kappa shape index (κ2) is 7.01. The summed E-state index contributed by atoms with van der Waals surface area (Å²) in [6.07, 6.45) is 0.926. The number of aliphatic carboxylic acids is 1. The van der Waals surface area contributed by atoms with Crippen LogP contribution in [0.4, 0.5) is 0 Å². The minimum Gasteiger partial charge on any atom is -0.481 e. The van der Waals surface area contributed by atoms with Crippen LogP contribution in [0, 0.1) is 11.8 Å². The van der Waals surface area contributed by atoms with Gasteiger partial charge >= 0.3 is 5.97 Å². The smallest absolute Gasteiger partial charge is 0.308 e. The predicted octanol–water partition coefficient (Wildman–Crippen LogP) is 0.933. The first kappa shape index (κ1) is 18.1. The third-order valence-electron chi connectivity index (χ3n) is 6.06. The normalized spacial score (nSPS) is 32.1. The summed E-state index contributed by atoms with van der Waals surface area (Å²) in [4.78, 5) is 26.6. The third kappa shape index (κ3) is 3.12. The number of hydrazine groups is 1. The molecule has 0 aliphatic carbocycles. The Morgan fingerprint density at radius 3 is 2.70 bits per heavy atom. The SMILES string of the molecule is CCC1NNC(C(=O)N2C[C@H](C(=O)O)[C@@H](c3ccc4c(c3)OCO4)C2)C1C. The molecule has 0 spiro atoms. The molecule has 0 aromatic heterocycles. The number of nitrogens with zero attached hydrogens (tertiary/aromatic N) is 1. The Labute approximate surface area is 157 Å². The molecule has 1 aromatic carbocycles. The molecule has 27 heavy (non-hydrogen) atoms. The second-order valence-electron chi connectivity index (χ2n) is 7.55. The van der Waals surface area contributed by atoms with E-state index in [9.17, 15) is 14.7 Å². The first-order valence-electron chi connectivity index (χ1n) is 9.41. The highest BCUT2D eigenvalue weighted by atomic mass is 16.7. The summed E-state index contributed by atoms with van der Waals surface area (Å²) in [7, 11) is 0. The van der Waals surface area contributed by atoms with E-state index < -0.39 is 11.9 Å². The van der Waals surface area contributed by atoms with Crippen molar-refractivity contribution in [1.29, 1.82) is 0 Å². The van der Waals surface area contributed by atoms with Gasteiger partial charge in [0.15, 0.2) is 11.5 Å². The zero-order valence-electron chi connectivity index (χ0n) is 15.5. The molecule has 3 unspecified atom stereocenters. The largest absolute Gasteiger partial charge is 0.481 e. The van der Waals surface area contributed by atoms with E-state index in [0.29, 0.717) is 18.0 Å². The highest BCUT2D eigenvalue weighted by Crippen LogP contribution is 2.39. The second-order valence-corrected chi connectivity index (χ2v) is 7.55. The fourth-order valence-electron chi connectivity index (χ4n) is 4.36. The number of hydrogen-bond acceptors (Lipinski definition) is 6. The summed E-state index contributed by atoms with van der Waals surface area (Å²) in [6.45, 7) is 4.90. The number of carbonyl (C=O) groups is 2. The first-order chi connectivity index (χ1) is 13.0. The number of benzene rings is 1. The van der Waals surface area contributed by atoms with E-state index in [1.807, 2.05) is 19.1 Å². The maximum Gasteiger partial charge on any atom is 0.308 e. The molecule has 0 radical (unpaired) electrons. The highest BCUT2D eigenvalue weighted by Gasteiger charge is 2.45. The topological polar surface area (TPSA) is 100 Å².